The van der Waals surface area contributed by atoms with Crippen LogP contribution in [0.5, 0.6) is 0 Å². The molecule has 3 heterocycles. The third-order valence-corrected chi connectivity index (χ3v) is 14.4. The van der Waals surface area contributed by atoms with Gasteiger partial charge in [-0.05, 0) is 109 Å². The number of allylic oxidation sites excluding steroid dienone is 4. The second-order valence-corrected chi connectivity index (χ2v) is 19.8. The second-order valence-electron chi connectivity index (χ2n) is 18.7. The highest BCUT2D eigenvalue weighted by Gasteiger charge is 2.56. The van der Waals surface area contributed by atoms with Crippen LogP contribution in [0.2, 0.25) is 0 Å². The van der Waals surface area contributed by atoms with Gasteiger partial charge in [-0.1, -0.05) is 56.8 Å². The van der Waals surface area contributed by atoms with Crippen molar-refractivity contribution in [2.45, 2.75) is 174 Å². The molecule has 3 N–H and O–H groups in total. The Kier molecular flexibility index (Phi) is 23.5. The molecule has 4 rings (SSSR count). The minimum atomic E-state index is -2.51. The van der Waals surface area contributed by atoms with Crippen molar-refractivity contribution < 1.29 is 58.2 Å². The maximum Gasteiger partial charge on any atom is 0.329 e. The molecular weight excluding hydrogens is 873 g/mol. The summed E-state index contributed by atoms with van der Waals surface area (Å²) in [7, 11) is 4.61. The predicted molar refractivity (Wildman–Crippen MR) is 257 cm³/mol. The molecule has 3 fully saturated rings. The Morgan fingerprint density at radius 2 is 1.58 bits per heavy atom. The fourth-order valence-corrected chi connectivity index (χ4v) is 10.5. The highest BCUT2D eigenvalue weighted by Crippen LogP contribution is 2.39. The number of amides is 1. The van der Waals surface area contributed by atoms with Gasteiger partial charge in [-0.3, -0.25) is 14.4 Å². The number of piperidine rings is 1. The maximum absolute atomic E-state index is 14.3. The van der Waals surface area contributed by atoms with Gasteiger partial charge >= 0.3 is 5.97 Å². The Bertz CT molecular complexity index is 1670. The second kappa shape index (κ2) is 26.9. The molecule has 0 aromatic carbocycles. The number of ketones is 2. The number of Topliss-reactive ketones (excluding diaryl/α,β-unsaturated/α-hetero) is 2. The quantitative estimate of drug-likeness (QED) is 0.0676. The van der Waals surface area contributed by atoms with Crippen LogP contribution in [0.4, 0.5) is 0 Å². The molecule has 0 spiro atoms. The minimum absolute atomic E-state index is 0.00988. The lowest BCUT2D eigenvalue weighted by Gasteiger charge is -2.47. The third-order valence-electron chi connectivity index (χ3n) is 13.9. The Morgan fingerprint density at radius 1 is 0.954 bits per heavy atom. The van der Waals surface area contributed by atoms with Crippen LogP contribution in [0.25, 0.3) is 0 Å². The summed E-state index contributed by atoms with van der Waals surface area (Å²) in [5.41, 5.74) is 1.61. The predicted octanol–water partition coefficient (Wildman–Crippen LogP) is 6.18. The van der Waals surface area contributed by atoms with E-state index in [4.69, 9.17) is 35.9 Å². The first kappa shape index (κ1) is 56.8. The normalized spacial score (nSPS) is 37.0. The summed E-state index contributed by atoms with van der Waals surface area (Å²) in [5.74, 6) is -7.76. The third kappa shape index (κ3) is 15.2. The van der Waals surface area contributed by atoms with Crippen molar-refractivity contribution in [3.63, 3.8) is 0 Å². The number of carbonyl (C=O) groups excluding carboxylic acids is 4. The van der Waals surface area contributed by atoms with Crippen molar-refractivity contribution in [2.75, 3.05) is 41.0 Å². The summed E-state index contributed by atoms with van der Waals surface area (Å²) in [6.07, 6.45) is 4.93. The number of thiol groups is 1. The van der Waals surface area contributed by atoms with Gasteiger partial charge in [-0.25, -0.2) is 4.79 Å². The number of fused-ring (bicyclic) bond motifs is 3. The van der Waals surface area contributed by atoms with Crippen LogP contribution < -0.4 is 0 Å². The topological polar surface area (TPSA) is 182 Å². The molecule has 0 unspecified atom stereocenters. The first-order valence-corrected chi connectivity index (χ1v) is 24.4. The summed E-state index contributed by atoms with van der Waals surface area (Å²) < 4.78 is 30.4. The van der Waals surface area contributed by atoms with E-state index >= 15 is 0 Å². The molecule has 1 saturated carbocycles. The zero-order valence-electron chi connectivity index (χ0n) is 40.6. The number of aliphatic hydroxyl groups is 3. The van der Waals surface area contributed by atoms with Crippen LogP contribution in [0.1, 0.15) is 119 Å². The van der Waals surface area contributed by atoms with Crippen molar-refractivity contribution >= 4 is 52.6 Å². The molecular formula is C49H80N2O12S2. The average Bonchev–Trinajstić information content (AvgIpc) is 3.27. The van der Waals surface area contributed by atoms with Crippen molar-refractivity contribution in [3.05, 3.63) is 36.0 Å². The molecule has 1 amide bonds. The van der Waals surface area contributed by atoms with Crippen molar-refractivity contribution in [2.24, 2.45) is 29.6 Å². The van der Waals surface area contributed by atoms with Gasteiger partial charge in [0.25, 0.3) is 11.7 Å². The van der Waals surface area contributed by atoms with Gasteiger partial charge in [0, 0.05) is 65.1 Å². The van der Waals surface area contributed by atoms with E-state index in [0.717, 1.165) is 18.7 Å². The molecule has 0 aromatic rings. The summed E-state index contributed by atoms with van der Waals surface area (Å²) >= 11 is 8.82. The van der Waals surface area contributed by atoms with Gasteiger partial charge in [0.15, 0.2) is 0 Å². The number of rotatable bonds is 9. The van der Waals surface area contributed by atoms with E-state index in [-0.39, 0.29) is 49.5 Å². The lowest BCUT2D eigenvalue weighted by molar-refractivity contribution is -0.302. The number of esters is 1. The number of thiocarbonyl (C=S) groups is 1. The lowest BCUT2D eigenvalue weighted by atomic mass is 9.81. The van der Waals surface area contributed by atoms with E-state index in [2.05, 4.69) is 33.1 Å². The van der Waals surface area contributed by atoms with Crippen LogP contribution in [0, 0.1) is 29.6 Å². The van der Waals surface area contributed by atoms with E-state index in [1.807, 2.05) is 37.8 Å². The van der Waals surface area contributed by atoms with Gasteiger partial charge in [-0.15, -0.1) is 19.2 Å². The highest BCUT2D eigenvalue weighted by molar-refractivity contribution is 8.10. The lowest BCUT2D eigenvalue weighted by Crippen LogP contribution is -2.64. The van der Waals surface area contributed by atoms with Crippen LogP contribution in [-0.2, 0) is 42.9 Å². The molecule has 4 aliphatic rings. The number of nitrogens with zero attached hydrogens (tertiary/aromatic N) is 2. The number of ether oxygens (including phenoxy) is 5. The highest BCUT2D eigenvalue weighted by atomic mass is 32.1. The van der Waals surface area contributed by atoms with Crippen LogP contribution in [-0.4, -0.2) is 148 Å². The number of cyclic esters (lactones) is 1. The van der Waals surface area contributed by atoms with Gasteiger partial charge in [-0.2, -0.15) is 0 Å². The Labute approximate surface area is 399 Å². The SMILES string of the molecule is C=CC[C@@H]1/C=C(\C)C[C@H](C)C[C@H](OC)[C@H]2O[C@@](O)(C(=O)C(=O)N3CCCC[C@H]3C(=O)O[C@H](/C(C)=C/[C@@H]3CC[C@@H](O)[C@H](OC)C3)[C@H](C)[C@@H](O)CC1=O)[C@H](C)C[C@@H]2OC.CCN(CC)C(=S)S. The number of hydrogen-bond acceptors (Lipinski definition) is 13. The minimum Gasteiger partial charge on any atom is -0.456 e. The Hall–Kier alpha value is -2.54. The molecule has 0 aromatic heterocycles. The number of hydrogen-bond donors (Lipinski definition) is 4. The molecule has 1 aliphatic carbocycles. The van der Waals surface area contributed by atoms with Gasteiger partial charge in [0.2, 0.25) is 5.79 Å². The van der Waals surface area contributed by atoms with Crippen molar-refractivity contribution in [1.82, 2.24) is 9.80 Å². The van der Waals surface area contributed by atoms with Crippen LogP contribution in [0.15, 0.2) is 36.0 Å². The summed E-state index contributed by atoms with van der Waals surface area (Å²) in [4.78, 5) is 59.8. The summed E-state index contributed by atoms with van der Waals surface area (Å²) in [5, 5.41) is 34.1. The number of aliphatic hydroxyl groups excluding tert-OH is 2. The van der Waals surface area contributed by atoms with Crippen LogP contribution in [0.3, 0.4) is 0 Å². The van der Waals surface area contributed by atoms with E-state index in [1.165, 1.54) is 19.1 Å². The van der Waals surface area contributed by atoms with Gasteiger partial charge in [0.1, 0.15) is 28.4 Å². The molecule has 370 valence electrons. The first-order chi connectivity index (χ1) is 30.7. The van der Waals surface area contributed by atoms with E-state index in [0.29, 0.717) is 61.3 Å². The monoisotopic (exact) mass is 953 g/mol. The Morgan fingerprint density at radius 3 is 2.15 bits per heavy atom. The standard InChI is InChI=1S/C44H69NO12.C5H11NS2/c1-10-13-31-19-25(2)18-26(3)20-37(54-8)40-38(55-9)22-28(5)44(52,57-40)41(49)42(50)45-17-12-11-14-32(45)43(51)56-39(29(6)34(47)24-35(31)48)27(4)21-30-15-16-33(46)36(23-30)53-7;1-3-6(4-2)5(7)8/h10,19,21,26,28-34,36-40,46-47,52H,1,11-18,20,22-24H2,2-9H3;3-4H2,1-2H3,(H,7,8)/b25-19+,27-21+;/t26-,28+,29+,30-,31+,32-,33+,34-,36+,37-,38-,39+,40+,44+;/m0./s1. The maximum atomic E-state index is 14.3. The van der Waals surface area contributed by atoms with Crippen molar-refractivity contribution in [1.29, 1.82) is 0 Å². The zero-order valence-corrected chi connectivity index (χ0v) is 42.3. The molecule has 14 nitrogen and oxygen atoms in total. The molecule has 65 heavy (non-hydrogen) atoms. The molecule has 14 atom stereocenters. The fraction of sp³-hybridized carbons (Fsp3) is 0.776. The number of carbonyl (C=O) groups is 4. The van der Waals surface area contributed by atoms with E-state index in [1.54, 1.807) is 27.0 Å². The molecule has 2 bridgehead atoms. The molecule has 0 radical (unpaired) electrons. The smallest absolute Gasteiger partial charge is 0.329 e. The molecule has 2 saturated heterocycles. The number of methoxy groups -OCH3 is 3. The van der Waals surface area contributed by atoms with Gasteiger partial charge in [0.05, 0.1) is 30.5 Å². The first-order valence-electron chi connectivity index (χ1n) is 23.6. The fourth-order valence-electron chi connectivity index (χ4n) is 9.92. The zero-order chi connectivity index (χ0) is 48.8. The summed E-state index contributed by atoms with van der Waals surface area (Å²) in [6.45, 7) is 19.2. The van der Waals surface area contributed by atoms with Gasteiger partial charge < -0.3 is 48.8 Å². The molecule has 3 aliphatic heterocycles. The van der Waals surface area contributed by atoms with Crippen LogP contribution >= 0.6 is 24.8 Å². The summed E-state index contributed by atoms with van der Waals surface area (Å²) in [6, 6.07) is -1.14. The largest absolute Gasteiger partial charge is 0.456 e. The van der Waals surface area contributed by atoms with Crippen molar-refractivity contribution in [3.8, 4) is 0 Å². The molecule has 16 heteroatoms. The van der Waals surface area contributed by atoms with E-state index in [9.17, 15) is 34.5 Å². The average molecular weight is 953 g/mol. The Balaban J connectivity index is 0.00000128. The van der Waals surface area contributed by atoms with E-state index < -0.39 is 83.9 Å².